The van der Waals surface area contributed by atoms with Crippen LogP contribution in [0, 0.1) is 22.7 Å². The maximum Gasteiger partial charge on any atom is 0.241 e. The van der Waals surface area contributed by atoms with Gasteiger partial charge in [0.25, 0.3) is 0 Å². The zero-order chi connectivity index (χ0) is 14.3. The Morgan fingerprint density at radius 1 is 1.40 bits per heavy atom. The molecule has 2 aliphatic carbocycles. The number of nitrogens with two attached hydrogens (primary N) is 1. The molecule has 1 amide bonds. The van der Waals surface area contributed by atoms with E-state index < -0.39 is 6.04 Å². The first-order chi connectivity index (χ1) is 9.63. The number of hydrogen-bond acceptors (Lipinski definition) is 3. The number of nitrogens with zero attached hydrogens (tertiary/aromatic N) is 2. The van der Waals surface area contributed by atoms with Crippen LogP contribution in [-0.4, -0.2) is 28.9 Å². The van der Waals surface area contributed by atoms with Gasteiger partial charge in [0, 0.05) is 11.5 Å². The molecule has 2 saturated carbocycles. The van der Waals surface area contributed by atoms with Crippen molar-refractivity contribution in [1.82, 2.24) is 4.90 Å². The van der Waals surface area contributed by atoms with Crippen LogP contribution >= 0.6 is 0 Å². The van der Waals surface area contributed by atoms with E-state index in [0.717, 1.165) is 38.5 Å². The van der Waals surface area contributed by atoms with Crippen LogP contribution in [0.4, 0.5) is 0 Å². The quantitative estimate of drug-likeness (QED) is 0.799. The summed E-state index contributed by atoms with van der Waals surface area (Å²) in [6.45, 7) is 3.94. The number of amides is 1. The van der Waals surface area contributed by atoms with Gasteiger partial charge >= 0.3 is 0 Å². The minimum absolute atomic E-state index is 0.0247. The minimum Gasteiger partial charge on any atom is -0.322 e. The van der Waals surface area contributed by atoms with E-state index >= 15 is 0 Å². The minimum atomic E-state index is -0.532. The predicted molar refractivity (Wildman–Crippen MR) is 76.4 cm³/mol. The standard InChI is InChI=1S/C16H23N3O/c1-2-16(6-4-3-5-7-16)14(18)15(20)19-12(10-17)8-11-9-13(11)19/h2,11-14H,1,3-9,18H2/t11-,12+,13+,14-/m1/s1. The van der Waals surface area contributed by atoms with E-state index in [4.69, 9.17) is 5.73 Å². The van der Waals surface area contributed by atoms with E-state index in [0.29, 0.717) is 5.92 Å². The van der Waals surface area contributed by atoms with E-state index in [2.05, 4.69) is 12.6 Å². The summed E-state index contributed by atoms with van der Waals surface area (Å²) in [5.41, 5.74) is 6.08. The van der Waals surface area contributed by atoms with E-state index in [1.807, 2.05) is 6.08 Å². The molecule has 3 fully saturated rings. The lowest BCUT2D eigenvalue weighted by Crippen LogP contribution is -2.55. The Morgan fingerprint density at radius 2 is 2.10 bits per heavy atom. The number of rotatable bonds is 3. The van der Waals surface area contributed by atoms with Crippen molar-refractivity contribution in [3.05, 3.63) is 12.7 Å². The maximum atomic E-state index is 12.8. The molecule has 0 spiro atoms. The molecule has 0 bridgehead atoms. The molecular formula is C16H23N3O. The van der Waals surface area contributed by atoms with Gasteiger partial charge in [-0.15, -0.1) is 6.58 Å². The third kappa shape index (κ3) is 1.96. The third-order valence-electron chi connectivity index (χ3n) is 5.58. The summed E-state index contributed by atoms with van der Waals surface area (Å²) < 4.78 is 0. The number of carbonyl (C=O) groups excluding carboxylic acids is 1. The highest BCUT2D eigenvalue weighted by Crippen LogP contribution is 2.49. The average molecular weight is 273 g/mol. The molecule has 0 radical (unpaired) electrons. The van der Waals surface area contributed by atoms with E-state index in [9.17, 15) is 10.1 Å². The largest absolute Gasteiger partial charge is 0.322 e. The van der Waals surface area contributed by atoms with Crippen LogP contribution in [0.1, 0.15) is 44.9 Å². The van der Waals surface area contributed by atoms with E-state index in [1.165, 1.54) is 6.42 Å². The fraction of sp³-hybridized carbons (Fsp3) is 0.750. The van der Waals surface area contributed by atoms with Crippen molar-refractivity contribution in [2.45, 2.75) is 63.1 Å². The molecule has 4 atom stereocenters. The molecule has 4 nitrogen and oxygen atoms in total. The Morgan fingerprint density at radius 3 is 2.70 bits per heavy atom. The van der Waals surface area contributed by atoms with Crippen LogP contribution in [0.5, 0.6) is 0 Å². The first-order valence-corrected chi connectivity index (χ1v) is 7.74. The van der Waals surface area contributed by atoms with Crippen molar-refractivity contribution in [3.63, 3.8) is 0 Å². The second-order valence-electron chi connectivity index (χ2n) is 6.66. The van der Waals surface area contributed by atoms with Gasteiger partial charge < -0.3 is 10.6 Å². The highest BCUT2D eigenvalue weighted by molar-refractivity contribution is 5.84. The summed E-state index contributed by atoms with van der Waals surface area (Å²) in [6.07, 6.45) is 9.12. The molecule has 1 heterocycles. The van der Waals surface area contributed by atoms with Crippen LogP contribution in [0.3, 0.4) is 0 Å². The second-order valence-corrected chi connectivity index (χ2v) is 6.66. The third-order valence-corrected chi connectivity index (χ3v) is 5.58. The number of nitriles is 1. The molecule has 1 aliphatic heterocycles. The average Bonchev–Trinajstić information content (AvgIpc) is 3.17. The van der Waals surface area contributed by atoms with Crippen LogP contribution in [0.15, 0.2) is 12.7 Å². The summed E-state index contributed by atoms with van der Waals surface area (Å²) in [7, 11) is 0. The van der Waals surface area contributed by atoms with Gasteiger partial charge in [0.15, 0.2) is 0 Å². The molecule has 2 N–H and O–H groups in total. The molecule has 4 heteroatoms. The molecule has 0 unspecified atom stereocenters. The highest BCUT2D eigenvalue weighted by atomic mass is 16.2. The van der Waals surface area contributed by atoms with Gasteiger partial charge in [0.1, 0.15) is 6.04 Å². The van der Waals surface area contributed by atoms with Crippen molar-refractivity contribution in [2.24, 2.45) is 17.1 Å². The molecule has 20 heavy (non-hydrogen) atoms. The second kappa shape index (κ2) is 4.89. The van der Waals surface area contributed by atoms with Gasteiger partial charge in [-0.3, -0.25) is 4.79 Å². The van der Waals surface area contributed by atoms with Gasteiger partial charge in [-0.05, 0) is 31.6 Å². The Balaban J connectivity index is 1.79. The Labute approximate surface area is 120 Å². The summed E-state index contributed by atoms with van der Waals surface area (Å²) in [6, 6.07) is 1.76. The fourth-order valence-electron chi connectivity index (χ4n) is 4.15. The van der Waals surface area contributed by atoms with Crippen molar-refractivity contribution >= 4 is 5.91 Å². The molecule has 1 saturated heterocycles. The SMILES string of the molecule is C=CC1([C@H](N)C(=O)N2[C@H](C#N)C[C@@H]3C[C@@H]32)CCCCC1. The number of carbonyl (C=O) groups is 1. The van der Waals surface area contributed by atoms with E-state index in [-0.39, 0.29) is 23.4 Å². The Kier molecular flexibility index (Phi) is 3.33. The number of piperidine rings is 1. The smallest absolute Gasteiger partial charge is 0.241 e. The molecule has 108 valence electrons. The topological polar surface area (TPSA) is 70.1 Å². The summed E-state index contributed by atoms with van der Waals surface area (Å²) in [5.74, 6) is 0.519. The van der Waals surface area contributed by atoms with Crippen molar-refractivity contribution < 1.29 is 4.79 Å². The molecule has 0 aromatic heterocycles. The molecule has 0 aromatic rings. The van der Waals surface area contributed by atoms with Crippen LogP contribution in [0.2, 0.25) is 0 Å². The van der Waals surface area contributed by atoms with Gasteiger partial charge in [-0.25, -0.2) is 0 Å². The summed E-state index contributed by atoms with van der Waals surface area (Å²) in [5, 5.41) is 9.23. The lowest BCUT2D eigenvalue weighted by atomic mass is 9.69. The number of fused-ring (bicyclic) bond motifs is 1. The first-order valence-electron chi connectivity index (χ1n) is 7.74. The van der Waals surface area contributed by atoms with Crippen LogP contribution in [-0.2, 0) is 4.79 Å². The van der Waals surface area contributed by atoms with Crippen molar-refractivity contribution in [3.8, 4) is 6.07 Å². The van der Waals surface area contributed by atoms with Crippen molar-refractivity contribution in [2.75, 3.05) is 0 Å². The predicted octanol–water partition coefficient (Wildman–Crippen LogP) is 1.96. The molecule has 3 aliphatic rings. The fourth-order valence-corrected chi connectivity index (χ4v) is 4.15. The van der Waals surface area contributed by atoms with Crippen LogP contribution in [0.25, 0.3) is 0 Å². The maximum absolute atomic E-state index is 12.8. The van der Waals surface area contributed by atoms with Crippen LogP contribution < -0.4 is 5.73 Å². The van der Waals surface area contributed by atoms with Gasteiger partial charge in [-0.2, -0.15) is 5.26 Å². The Bertz CT molecular complexity index is 461. The summed E-state index contributed by atoms with van der Waals surface area (Å²) in [4.78, 5) is 14.6. The summed E-state index contributed by atoms with van der Waals surface area (Å²) >= 11 is 0. The monoisotopic (exact) mass is 273 g/mol. The number of likely N-dealkylation sites (tertiary alicyclic amines) is 1. The van der Waals surface area contributed by atoms with Crippen molar-refractivity contribution in [1.29, 1.82) is 5.26 Å². The molecule has 0 aromatic carbocycles. The lowest BCUT2D eigenvalue weighted by Gasteiger charge is -2.40. The zero-order valence-electron chi connectivity index (χ0n) is 11.9. The van der Waals surface area contributed by atoms with Gasteiger partial charge in [0.2, 0.25) is 5.91 Å². The first kappa shape index (κ1) is 13.6. The van der Waals surface area contributed by atoms with Gasteiger partial charge in [0.05, 0.1) is 12.1 Å². The lowest BCUT2D eigenvalue weighted by molar-refractivity contribution is -0.136. The highest BCUT2D eigenvalue weighted by Gasteiger charge is 2.56. The normalized spacial score (nSPS) is 35.8. The Hall–Kier alpha value is -1.34. The number of hydrogen-bond donors (Lipinski definition) is 1. The molecule has 3 rings (SSSR count). The molecular weight excluding hydrogens is 250 g/mol. The zero-order valence-corrected chi connectivity index (χ0v) is 11.9. The van der Waals surface area contributed by atoms with E-state index in [1.54, 1.807) is 4.90 Å². The van der Waals surface area contributed by atoms with Gasteiger partial charge in [-0.1, -0.05) is 25.3 Å².